The lowest BCUT2D eigenvalue weighted by Gasteiger charge is -2.33. The van der Waals surface area contributed by atoms with Crippen LogP contribution in [0.2, 0.25) is 0 Å². The smallest absolute Gasteiger partial charge is 0.409 e. The first kappa shape index (κ1) is 18.1. The van der Waals surface area contributed by atoms with E-state index in [2.05, 4.69) is 15.5 Å². The summed E-state index contributed by atoms with van der Waals surface area (Å²) in [4.78, 5) is 27.1. The van der Waals surface area contributed by atoms with Crippen LogP contribution in [0.3, 0.4) is 0 Å². The van der Waals surface area contributed by atoms with Crippen molar-refractivity contribution in [2.45, 2.75) is 6.42 Å². The molecule has 7 heteroatoms. The lowest BCUT2D eigenvalue weighted by atomic mass is 10.1. The number of piperazine rings is 1. The number of hydrogen-bond acceptors (Lipinski definition) is 4. The molecule has 132 valence electrons. The molecule has 0 bridgehead atoms. The molecular weight excluding hydrogens is 308 g/mol. The Labute approximate surface area is 142 Å². The van der Waals surface area contributed by atoms with Gasteiger partial charge in [-0.1, -0.05) is 30.3 Å². The summed E-state index contributed by atoms with van der Waals surface area (Å²) < 4.78 is 4.71. The first-order chi connectivity index (χ1) is 11.7. The zero-order valence-corrected chi connectivity index (χ0v) is 14.2. The molecule has 1 fully saturated rings. The molecule has 1 aromatic rings. The fourth-order valence-electron chi connectivity index (χ4n) is 2.64. The van der Waals surface area contributed by atoms with Crippen molar-refractivity contribution in [3.63, 3.8) is 0 Å². The molecule has 1 aliphatic heterocycles. The minimum absolute atomic E-state index is 0.140. The molecule has 2 N–H and O–H groups in total. The van der Waals surface area contributed by atoms with Gasteiger partial charge in [-0.15, -0.1) is 0 Å². The topological polar surface area (TPSA) is 73.9 Å². The molecule has 2 rings (SSSR count). The minimum Gasteiger partial charge on any atom is -0.453 e. The van der Waals surface area contributed by atoms with Crippen LogP contribution in [0.25, 0.3) is 0 Å². The first-order valence-electron chi connectivity index (χ1n) is 8.30. The van der Waals surface area contributed by atoms with Crippen LogP contribution in [0.15, 0.2) is 30.3 Å². The number of urea groups is 1. The van der Waals surface area contributed by atoms with Crippen molar-refractivity contribution in [2.75, 3.05) is 52.9 Å². The fourth-order valence-corrected chi connectivity index (χ4v) is 2.64. The average Bonchev–Trinajstić information content (AvgIpc) is 2.62. The lowest BCUT2D eigenvalue weighted by Crippen LogP contribution is -2.50. The van der Waals surface area contributed by atoms with Gasteiger partial charge in [0.25, 0.3) is 0 Å². The van der Waals surface area contributed by atoms with Crippen molar-refractivity contribution >= 4 is 12.1 Å². The molecule has 24 heavy (non-hydrogen) atoms. The highest BCUT2D eigenvalue weighted by molar-refractivity contribution is 5.73. The summed E-state index contributed by atoms with van der Waals surface area (Å²) in [6.45, 7) is 4.91. The highest BCUT2D eigenvalue weighted by Gasteiger charge is 2.20. The van der Waals surface area contributed by atoms with E-state index in [1.54, 1.807) is 4.90 Å². The Morgan fingerprint density at radius 2 is 1.71 bits per heavy atom. The Morgan fingerprint density at radius 1 is 1.04 bits per heavy atom. The Kier molecular flexibility index (Phi) is 7.35. The van der Waals surface area contributed by atoms with E-state index in [9.17, 15) is 9.59 Å². The quantitative estimate of drug-likeness (QED) is 0.811. The van der Waals surface area contributed by atoms with Crippen molar-refractivity contribution in [3.8, 4) is 0 Å². The zero-order chi connectivity index (χ0) is 17.2. The molecule has 7 nitrogen and oxygen atoms in total. The molecule has 0 aliphatic carbocycles. The van der Waals surface area contributed by atoms with Crippen LogP contribution in [-0.2, 0) is 11.2 Å². The molecule has 0 saturated carbocycles. The lowest BCUT2D eigenvalue weighted by molar-refractivity contribution is 0.0915. The zero-order valence-electron chi connectivity index (χ0n) is 14.2. The van der Waals surface area contributed by atoms with Crippen molar-refractivity contribution in [3.05, 3.63) is 35.9 Å². The van der Waals surface area contributed by atoms with E-state index < -0.39 is 0 Å². The van der Waals surface area contributed by atoms with Crippen molar-refractivity contribution in [1.29, 1.82) is 0 Å². The monoisotopic (exact) mass is 334 g/mol. The van der Waals surface area contributed by atoms with E-state index in [4.69, 9.17) is 4.74 Å². The Morgan fingerprint density at radius 3 is 2.38 bits per heavy atom. The summed E-state index contributed by atoms with van der Waals surface area (Å²) in [6, 6.07) is 9.93. The number of hydrogen-bond donors (Lipinski definition) is 2. The molecule has 1 heterocycles. The van der Waals surface area contributed by atoms with Crippen molar-refractivity contribution in [2.24, 2.45) is 0 Å². The number of nitrogens with one attached hydrogen (secondary N) is 2. The van der Waals surface area contributed by atoms with Gasteiger partial charge in [-0.2, -0.15) is 0 Å². The number of ether oxygens (including phenoxy) is 1. The number of nitrogens with zero attached hydrogens (tertiary/aromatic N) is 2. The van der Waals surface area contributed by atoms with Crippen LogP contribution in [0, 0.1) is 0 Å². The maximum atomic E-state index is 11.7. The molecule has 0 spiro atoms. The van der Waals surface area contributed by atoms with Gasteiger partial charge < -0.3 is 20.3 Å². The molecule has 1 saturated heterocycles. The van der Waals surface area contributed by atoms with Crippen molar-refractivity contribution in [1.82, 2.24) is 20.4 Å². The Balaban J connectivity index is 1.53. The maximum absolute atomic E-state index is 11.7. The SMILES string of the molecule is COC(=O)N1CCN(CCNC(=O)NCCc2ccccc2)CC1. The van der Waals surface area contributed by atoms with Crippen LogP contribution in [0.4, 0.5) is 9.59 Å². The maximum Gasteiger partial charge on any atom is 0.409 e. The van der Waals surface area contributed by atoms with E-state index >= 15 is 0 Å². The van der Waals surface area contributed by atoms with E-state index in [0.29, 0.717) is 26.2 Å². The van der Waals surface area contributed by atoms with Gasteiger partial charge in [0.15, 0.2) is 0 Å². The van der Waals surface area contributed by atoms with E-state index in [1.165, 1.54) is 12.7 Å². The van der Waals surface area contributed by atoms with Gasteiger partial charge in [0.1, 0.15) is 0 Å². The molecule has 0 atom stereocenters. The largest absolute Gasteiger partial charge is 0.453 e. The van der Waals surface area contributed by atoms with Gasteiger partial charge in [-0.25, -0.2) is 9.59 Å². The summed E-state index contributed by atoms with van der Waals surface area (Å²) in [5.41, 5.74) is 1.21. The number of amides is 3. The van der Waals surface area contributed by atoms with Crippen LogP contribution in [0.1, 0.15) is 5.56 Å². The van der Waals surface area contributed by atoms with Gasteiger partial charge in [0.2, 0.25) is 0 Å². The summed E-state index contributed by atoms with van der Waals surface area (Å²) in [6.07, 6.45) is 0.551. The number of carbonyl (C=O) groups excluding carboxylic acids is 2. The number of methoxy groups -OCH3 is 1. The predicted molar refractivity (Wildman–Crippen MR) is 92.0 cm³/mol. The van der Waals surface area contributed by atoms with E-state index in [0.717, 1.165) is 26.1 Å². The molecule has 3 amide bonds. The molecule has 0 aromatic heterocycles. The second-order valence-corrected chi connectivity index (χ2v) is 5.72. The minimum atomic E-state index is -0.273. The molecule has 1 aliphatic rings. The predicted octanol–water partition coefficient (Wildman–Crippen LogP) is 0.912. The van der Waals surface area contributed by atoms with E-state index in [1.807, 2.05) is 30.3 Å². The Bertz CT molecular complexity index is 516. The average molecular weight is 334 g/mol. The standard InChI is InChI=1S/C17H26N4O3/c1-24-17(23)21-13-11-20(12-14-21)10-9-19-16(22)18-8-7-15-5-3-2-4-6-15/h2-6H,7-14H2,1H3,(H2,18,19,22). The first-order valence-corrected chi connectivity index (χ1v) is 8.30. The highest BCUT2D eigenvalue weighted by atomic mass is 16.5. The summed E-state index contributed by atoms with van der Waals surface area (Å²) in [5.74, 6) is 0. The number of rotatable bonds is 6. The van der Waals surface area contributed by atoms with Gasteiger partial charge in [-0.05, 0) is 12.0 Å². The van der Waals surface area contributed by atoms with Crippen LogP contribution < -0.4 is 10.6 Å². The van der Waals surface area contributed by atoms with Crippen LogP contribution in [-0.4, -0.2) is 74.8 Å². The second-order valence-electron chi connectivity index (χ2n) is 5.72. The third kappa shape index (κ3) is 6.08. The summed E-state index contributed by atoms with van der Waals surface area (Å²) in [7, 11) is 1.40. The van der Waals surface area contributed by atoms with Gasteiger partial charge in [0, 0.05) is 45.8 Å². The highest BCUT2D eigenvalue weighted by Crippen LogP contribution is 2.02. The molecule has 1 aromatic carbocycles. The molecular formula is C17H26N4O3. The molecule has 0 radical (unpaired) electrons. The van der Waals surface area contributed by atoms with Gasteiger partial charge in [0.05, 0.1) is 7.11 Å². The van der Waals surface area contributed by atoms with Crippen LogP contribution >= 0.6 is 0 Å². The summed E-state index contributed by atoms with van der Waals surface area (Å²) in [5, 5.41) is 5.72. The third-order valence-electron chi connectivity index (χ3n) is 4.06. The van der Waals surface area contributed by atoms with Gasteiger partial charge >= 0.3 is 12.1 Å². The van der Waals surface area contributed by atoms with Crippen molar-refractivity contribution < 1.29 is 14.3 Å². The number of benzene rings is 1. The third-order valence-corrected chi connectivity index (χ3v) is 4.06. The van der Waals surface area contributed by atoms with E-state index in [-0.39, 0.29) is 12.1 Å². The Hall–Kier alpha value is -2.28. The number of carbonyl (C=O) groups is 2. The van der Waals surface area contributed by atoms with Crippen LogP contribution in [0.5, 0.6) is 0 Å². The fraction of sp³-hybridized carbons (Fsp3) is 0.529. The normalized spacial score (nSPS) is 15.0. The summed E-state index contributed by atoms with van der Waals surface area (Å²) >= 11 is 0. The molecule has 0 unspecified atom stereocenters. The van der Waals surface area contributed by atoms with Gasteiger partial charge in [-0.3, -0.25) is 4.90 Å². The second kappa shape index (κ2) is 9.77.